The molecule has 1 amide bonds. The summed E-state index contributed by atoms with van der Waals surface area (Å²) in [5.41, 5.74) is 6.82. The number of pyridine rings is 1. The van der Waals surface area contributed by atoms with Crippen molar-refractivity contribution in [2.45, 2.75) is 19.0 Å². The summed E-state index contributed by atoms with van der Waals surface area (Å²) >= 11 is 0. The lowest BCUT2D eigenvalue weighted by Gasteiger charge is -2.33. The van der Waals surface area contributed by atoms with Gasteiger partial charge in [0.2, 0.25) is 6.79 Å². The Hall–Kier alpha value is -3.06. The largest absolute Gasteiger partial charge is 0.454 e. The van der Waals surface area contributed by atoms with E-state index in [0.29, 0.717) is 6.54 Å². The van der Waals surface area contributed by atoms with Crippen LogP contribution in [0.25, 0.3) is 5.70 Å². The highest BCUT2D eigenvalue weighted by atomic mass is 16.7. The van der Waals surface area contributed by atoms with Crippen LogP contribution in [0.4, 0.5) is 0 Å². The first-order chi connectivity index (χ1) is 12.7. The SMILES string of the molecule is Cc1c(C2=CC(=O)N3NCC(c4ccccn4)C3N2)ccc2c1OCO2. The number of carbonyl (C=O) groups is 1. The maximum Gasteiger partial charge on any atom is 0.264 e. The van der Waals surface area contributed by atoms with Crippen molar-refractivity contribution in [3.8, 4) is 11.5 Å². The molecular weight excluding hydrogens is 332 g/mol. The summed E-state index contributed by atoms with van der Waals surface area (Å²) < 4.78 is 11.0. The third kappa shape index (κ3) is 2.24. The average Bonchev–Trinajstić information content (AvgIpc) is 3.30. The summed E-state index contributed by atoms with van der Waals surface area (Å²) in [5.74, 6) is 1.48. The van der Waals surface area contributed by atoms with Gasteiger partial charge >= 0.3 is 0 Å². The maximum absolute atomic E-state index is 12.7. The van der Waals surface area contributed by atoms with Crippen molar-refractivity contribution in [1.82, 2.24) is 20.7 Å². The Balaban J connectivity index is 1.51. The number of rotatable bonds is 2. The molecular formula is C19H18N4O3. The van der Waals surface area contributed by atoms with Gasteiger partial charge in [0, 0.05) is 41.3 Å². The van der Waals surface area contributed by atoms with E-state index >= 15 is 0 Å². The molecule has 7 heteroatoms. The Morgan fingerprint density at radius 1 is 1.23 bits per heavy atom. The zero-order valence-corrected chi connectivity index (χ0v) is 14.2. The Kier molecular flexibility index (Phi) is 3.36. The van der Waals surface area contributed by atoms with Gasteiger partial charge in [-0.15, -0.1) is 0 Å². The van der Waals surface area contributed by atoms with Crippen LogP contribution in [0.2, 0.25) is 0 Å². The number of aromatic nitrogens is 1. The fourth-order valence-corrected chi connectivity index (χ4v) is 3.78. The highest BCUT2D eigenvalue weighted by Crippen LogP contribution is 2.39. The molecule has 1 aromatic carbocycles. The first kappa shape index (κ1) is 15.2. The molecule has 2 aromatic rings. The monoisotopic (exact) mass is 350 g/mol. The number of carbonyl (C=O) groups excluding carboxylic acids is 1. The van der Waals surface area contributed by atoms with Crippen LogP contribution in [0.5, 0.6) is 11.5 Å². The molecule has 2 atom stereocenters. The summed E-state index contributed by atoms with van der Waals surface area (Å²) in [4.78, 5) is 17.1. The lowest BCUT2D eigenvalue weighted by atomic mass is 9.98. The lowest BCUT2D eigenvalue weighted by Crippen LogP contribution is -2.52. The molecule has 132 valence electrons. The van der Waals surface area contributed by atoms with E-state index in [0.717, 1.165) is 34.0 Å². The van der Waals surface area contributed by atoms with E-state index in [1.165, 1.54) is 0 Å². The highest BCUT2D eigenvalue weighted by Gasteiger charge is 2.41. The molecule has 5 rings (SSSR count). The molecule has 26 heavy (non-hydrogen) atoms. The van der Waals surface area contributed by atoms with Crippen LogP contribution in [0.15, 0.2) is 42.6 Å². The number of nitrogens with zero attached hydrogens (tertiary/aromatic N) is 2. The van der Waals surface area contributed by atoms with Gasteiger partial charge in [-0.25, -0.2) is 5.43 Å². The van der Waals surface area contributed by atoms with E-state index in [9.17, 15) is 4.79 Å². The number of amides is 1. The molecule has 2 N–H and O–H groups in total. The molecule has 3 aliphatic heterocycles. The Morgan fingerprint density at radius 2 is 2.15 bits per heavy atom. The number of nitrogens with one attached hydrogen (secondary N) is 2. The smallest absolute Gasteiger partial charge is 0.264 e. The van der Waals surface area contributed by atoms with Gasteiger partial charge in [0.25, 0.3) is 5.91 Å². The van der Waals surface area contributed by atoms with Crippen molar-refractivity contribution in [3.05, 3.63) is 59.4 Å². The molecule has 1 fully saturated rings. The van der Waals surface area contributed by atoms with Gasteiger partial charge in [-0.1, -0.05) is 6.07 Å². The topological polar surface area (TPSA) is 75.7 Å². The van der Waals surface area contributed by atoms with Crippen molar-refractivity contribution in [3.63, 3.8) is 0 Å². The number of ether oxygens (including phenoxy) is 2. The number of hydrazine groups is 1. The number of hydrogen-bond donors (Lipinski definition) is 2. The van der Waals surface area contributed by atoms with Crippen molar-refractivity contribution < 1.29 is 14.3 Å². The third-order valence-corrected chi connectivity index (χ3v) is 5.09. The fourth-order valence-electron chi connectivity index (χ4n) is 3.78. The second-order valence-electron chi connectivity index (χ2n) is 6.55. The number of benzene rings is 1. The number of hydrogen-bond acceptors (Lipinski definition) is 6. The molecule has 4 heterocycles. The normalized spacial score (nSPS) is 23.5. The standard InChI is InChI=1S/C19H18N4O3/c1-11-12(5-6-16-18(11)26-10-25-16)15-8-17(24)23-19(22-15)13(9-21-23)14-4-2-3-7-20-14/h2-8,13,19,21-22H,9-10H2,1H3. The summed E-state index contributed by atoms with van der Waals surface area (Å²) in [7, 11) is 0. The van der Waals surface area contributed by atoms with Gasteiger partial charge in [-0.05, 0) is 31.2 Å². The molecule has 1 aromatic heterocycles. The maximum atomic E-state index is 12.7. The summed E-state index contributed by atoms with van der Waals surface area (Å²) in [5, 5.41) is 5.15. The van der Waals surface area contributed by atoms with E-state index in [1.807, 2.05) is 37.3 Å². The van der Waals surface area contributed by atoms with E-state index in [2.05, 4.69) is 15.7 Å². The van der Waals surface area contributed by atoms with E-state index < -0.39 is 0 Å². The van der Waals surface area contributed by atoms with Crippen LogP contribution in [-0.4, -0.2) is 35.4 Å². The van der Waals surface area contributed by atoms with Crippen LogP contribution in [0, 0.1) is 6.92 Å². The quantitative estimate of drug-likeness (QED) is 0.855. The summed E-state index contributed by atoms with van der Waals surface area (Å²) in [6.45, 7) is 2.86. The predicted molar refractivity (Wildman–Crippen MR) is 94.0 cm³/mol. The highest BCUT2D eigenvalue weighted by molar-refractivity contribution is 5.97. The van der Waals surface area contributed by atoms with Gasteiger partial charge in [-0.2, -0.15) is 0 Å². The van der Waals surface area contributed by atoms with Gasteiger partial charge in [0.1, 0.15) is 6.17 Å². The first-order valence-electron chi connectivity index (χ1n) is 8.58. The van der Waals surface area contributed by atoms with Crippen molar-refractivity contribution in [1.29, 1.82) is 0 Å². The van der Waals surface area contributed by atoms with Gasteiger partial charge in [0.05, 0.1) is 5.92 Å². The Morgan fingerprint density at radius 3 is 3.00 bits per heavy atom. The summed E-state index contributed by atoms with van der Waals surface area (Å²) in [6.07, 6.45) is 3.21. The van der Waals surface area contributed by atoms with Crippen LogP contribution in [-0.2, 0) is 4.79 Å². The fraction of sp³-hybridized carbons (Fsp3) is 0.263. The van der Waals surface area contributed by atoms with Crippen LogP contribution >= 0.6 is 0 Å². The van der Waals surface area contributed by atoms with Crippen molar-refractivity contribution in [2.75, 3.05) is 13.3 Å². The molecule has 0 spiro atoms. The second kappa shape index (κ2) is 5.74. The zero-order chi connectivity index (χ0) is 17.7. The third-order valence-electron chi connectivity index (χ3n) is 5.09. The van der Waals surface area contributed by atoms with Crippen molar-refractivity contribution >= 4 is 11.6 Å². The minimum Gasteiger partial charge on any atom is -0.454 e. The van der Waals surface area contributed by atoms with Crippen LogP contribution < -0.4 is 20.2 Å². The zero-order valence-electron chi connectivity index (χ0n) is 14.2. The van der Waals surface area contributed by atoms with E-state index in [-0.39, 0.29) is 24.8 Å². The predicted octanol–water partition coefficient (Wildman–Crippen LogP) is 1.52. The lowest BCUT2D eigenvalue weighted by molar-refractivity contribution is -0.130. The van der Waals surface area contributed by atoms with E-state index in [4.69, 9.17) is 9.47 Å². The second-order valence-corrected chi connectivity index (χ2v) is 6.55. The van der Waals surface area contributed by atoms with Crippen molar-refractivity contribution in [2.24, 2.45) is 0 Å². The molecule has 7 nitrogen and oxygen atoms in total. The van der Waals surface area contributed by atoms with Gasteiger partial charge < -0.3 is 14.8 Å². The molecule has 3 aliphatic rings. The minimum atomic E-state index is -0.192. The Bertz CT molecular complexity index is 913. The molecule has 0 bridgehead atoms. The van der Waals surface area contributed by atoms with Crippen LogP contribution in [0.3, 0.4) is 0 Å². The van der Waals surface area contributed by atoms with Gasteiger partial charge in [-0.3, -0.25) is 14.8 Å². The van der Waals surface area contributed by atoms with Gasteiger partial charge in [0.15, 0.2) is 11.5 Å². The molecule has 0 radical (unpaired) electrons. The molecule has 2 unspecified atom stereocenters. The summed E-state index contributed by atoms with van der Waals surface area (Å²) in [6, 6.07) is 9.69. The molecule has 0 aliphatic carbocycles. The van der Waals surface area contributed by atoms with Crippen LogP contribution in [0.1, 0.15) is 22.7 Å². The number of fused-ring (bicyclic) bond motifs is 2. The van der Waals surface area contributed by atoms with E-state index in [1.54, 1.807) is 17.3 Å². The Labute approximate surface area is 150 Å². The average molecular weight is 350 g/mol. The first-order valence-corrected chi connectivity index (χ1v) is 8.58. The minimum absolute atomic E-state index is 0.0677. The molecule has 1 saturated heterocycles. The molecule has 0 saturated carbocycles.